The molecule has 30 heavy (non-hydrogen) atoms. The molecule has 3 rings (SSSR count). The average molecular weight is 453 g/mol. The van der Waals surface area contributed by atoms with Gasteiger partial charge in [-0.1, -0.05) is 6.07 Å². The van der Waals surface area contributed by atoms with E-state index in [-0.39, 0.29) is 47.4 Å². The number of benzene rings is 1. The highest BCUT2D eigenvalue weighted by Gasteiger charge is 2.30. The standard InChI is InChI=1S/C18H20N4O6S2/c23-16(7-8-19-18(24)14-3-5-15(6-4-14)22(25)26)20-9-11-21(12-10-20)30(27,28)17-2-1-13-29-17/h1-6,13H,7-12H2,(H,19,24). The zero-order chi connectivity index (χ0) is 21.7. The Hall–Kier alpha value is -2.83. The van der Waals surface area contributed by atoms with Crippen molar-refractivity contribution in [2.75, 3.05) is 32.7 Å². The fourth-order valence-electron chi connectivity index (χ4n) is 2.99. The minimum atomic E-state index is -3.52. The first-order valence-corrected chi connectivity index (χ1v) is 11.4. The monoisotopic (exact) mass is 452 g/mol. The topological polar surface area (TPSA) is 130 Å². The summed E-state index contributed by atoms with van der Waals surface area (Å²) in [5.41, 5.74) is 0.155. The molecule has 1 aliphatic heterocycles. The third-order valence-corrected chi connectivity index (χ3v) is 7.92. The maximum Gasteiger partial charge on any atom is 0.269 e. The fourth-order valence-corrected chi connectivity index (χ4v) is 5.56. The maximum absolute atomic E-state index is 12.5. The first-order chi connectivity index (χ1) is 14.3. The number of thiophene rings is 1. The first-order valence-electron chi connectivity index (χ1n) is 9.13. The van der Waals surface area contributed by atoms with Crippen molar-refractivity contribution in [2.45, 2.75) is 10.6 Å². The van der Waals surface area contributed by atoms with E-state index in [1.807, 2.05) is 0 Å². The van der Waals surface area contributed by atoms with Gasteiger partial charge in [-0.25, -0.2) is 8.42 Å². The fraction of sp³-hybridized carbons (Fsp3) is 0.333. The van der Waals surface area contributed by atoms with Crippen molar-refractivity contribution < 1.29 is 22.9 Å². The molecular weight excluding hydrogens is 432 g/mol. The Kier molecular flexibility index (Phi) is 6.80. The quantitative estimate of drug-likeness (QED) is 0.498. The molecule has 0 unspecified atom stereocenters. The summed E-state index contributed by atoms with van der Waals surface area (Å²) in [4.78, 5) is 36.1. The van der Waals surface area contributed by atoms with Gasteiger partial charge < -0.3 is 10.2 Å². The SMILES string of the molecule is O=C(NCCC(=O)N1CCN(S(=O)(=O)c2cccs2)CC1)c1ccc([N+](=O)[O-])cc1. The van der Waals surface area contributed by atoms with Crippen LogP contribution in [0.2, 0.25) is 0 Å². The number of hydrogen-bond donors (Lipinski definition) is 1. The summed E-state index contributed by atoms with van der Waals surface area (Å²) in [5, 5.41) is 15.0. The minimum Gasteiger partial charge on any atom is -0.352 e. The van der Waals surface area contributed by atoms with Gasteiger partial charge in [0.15, 0.2) is 0 Å². The van der Waals surface area contributed by atoms with Crippen LogP contribution in [0, 0.1) is 10.1 Å². The van der Waals surface area contributed by atoms with Gasteiger partial charge in [0.2, 0.25) is 5.91 Å². The molecule has 1 fully saturated rings. The number of amides is 2. The highest BCUT2D eigenvalue weighted by atomic mass is 32.2. The summed E-state index contributed by atoms with van der Waals surface area (Å²) in [6.45, 7) is 1.14. The summed E-state index contributed by atoms with van der Waals surface area (Å²) in [6.07, 6.45) is 0.0798. The molecule has 1 aromatic carbocycles. The molecular formula is C18H20N4O6S2. The highest BCUT2D eigenvalue weighted by molar-refractivity contribution is 7.91. The van der Waals surface area contributed by atoms with Gasteiger partial charge in [-0.05, 0) is 23.6 Å². The van der Waals surface area contributed by atoms with Gasteiger partial charge in [0, 0.05) is 56.8 Å². The highest BCUT2D eigenvalue weighted by Crippen LogP contribution is 2.22. The van der Waals surface area contributed by atoms with Crippen molar-refractivity contribution >= 4 is 38.9 Å². The number of piperazine rings is 1. The molecule has 0 atom stereocenters. The van der Waals surface area contributed by atoms with E-state index in [0.717, 1.165) is 11.3 Å². The van der Waals surface area contributed by atoms with Crippen molar-refractivity contribution in [1.82, 2.24) is 14.5 Å². The molecule has 1 N–H and O–H groups in total. The number of carbonyl (C=O) groups excluding carboxylic acids is 2. The number of hydrogen-bond acceptors (Lipinski definition) is 7. The molecule has 1 saturated heterocycles. The first kappa shape index (κ1) is 21.9. The molecule has 160 valence electrons. The minimum absolute atomic E-state index is 0.0798. The lowest BCUT2D eigenvalue weighted by atomic mass is 10.2. The van der Waals surface area contributed by atoms with E-state index >= 15 is 0 Å². The van der Waals surface area contributed by atoms with Gasteiger partial charge in [0.1, 0.15) is 4.21 Å². The number of nitrogens with zero attached hydrogens (tertiary/aromatic N) is 3. The van der Waals surface area contributed by atoms with E-state index in [4.69, 9.17) is 0 Å². The van der Waals surface area contributed by atoms with Crippen molar-refractivity contribution in [3.8, 4) is 0 Å². The van der Waals surface area contributed by atoms with Gasteiger partial charge in [-0.15, -0.1) is 11.3 Å². The third-order valence-electron chi connectivity index (χ3n) is 4.65. The van der Waals surface area contributed by atoms with Crippen LogP contribution in [0.25, 0.3) is 0 Å². The summed E-state index contributed by atoms with van der Waals surface area (Å²) in [7, 11) is -3.52. The average Bonchev–Trinajstić information content (AvgIpc) is 3.29. The maximum atomic E-state index is 12.5. The van der Waals surface area contributed by atoms with Crippen LogP contribution >= 0.6 is 11.3 Å². The van der Waals surface area contributed by atoms with Gasteiger partial charge in [-0.3, -0.25) is 19.7 Å². The molecule has 0 spiro atoms. The van der Waals surface area contributed by atoms with E-state index in [9.17, 15) is 28.1 Å². The number of nitro benzene ring substituents is 1. The predicted octanol–water partition coefficient (Wildman–Crippen LogP) is 1.31. The number of nitro groups is 1. The number of nitrogens with one attached hydrogen (secondary N) is 1. The van der Waals surface area contributed by atoms with E-state index < -0.39 is 20.9 Å². The van der Waals surface area contributed by atoms with Crippen LogP contribution in [0.5, 0.6) is 0 Å². The number of non-ortho nitro benzene ring substituents is 1. The third kappa shape index (κ3) is 5.01. The molecule has 0 radical (unpaired) electrons. The number of rotatable bonds is 7. The Balaban J connectivity index is 1.44. The molecule has 0 saturated carbocycles. The summed E-state index contributed by atoms with van der Waals surface area (Å²) in [5.74, 6) is -0.600. The Morgan fingerprint density at radius 3 is 2.33 bits per heavy atom. The lowest BCUT2D eigenvalue weighted by Gasteiger charge is -2.33. The molecule has 2 heterocycles. The van der Waals surface area contributed by atoms with Crippen LogP contribution in [0.1, 0.15) is 16.8 Å². The second-order valence-electron chi connectivity index (χ2n) is 6.53. The van der Waals surface area contributed by atoms with Crippen LogP contribution in [-0.2, 0) is 14.8 Å². The summed E-state index contributed by atoms with van der Waals surface area (Å²) in [6, 6.07) is 8.42. The van der Waals surface area contributed by atoms with E-state index in [0.29, 0.717) is 13.1 Å². The van der Waals surface area contributed by atoms with Crippen molar-refractivity contribution in [1.29, 1.82) is 0 Å². The largest absolute Gasteiger partial charge is 0.352 e. The smallest absolute Gasteiger partial charge is 0.269 e. The molecule has 12 heteroatoms. The normalized spacial score (nSPS) is 15.0. The molecule has 1 aliphatic rings. The summed E-state index contributed by atoms with van der Waals surface area (Å²) < 4.78 is 26.7. The van der Waals surface area contributed by atoms with Crippen molar-refractivity contribution in [3.05, 3.63) is 57.5 Å². The van der Waals surface area contributed by atoms with Crippen molar-refractivity contribution in [3.63, 3.8) is 0 Å². The predicted molar refractivity (Wildman–Crippen MR) is 110 cm³/mol. The van der Waals surface area contributed by atoms with E-state index in [2.05, 4.69) is 5.32 Å². The molecule has 2 aromatic rings. The second kappa shape index (κ2) is 9.32. The van der Waals surface area contributed by atoms with Gasteiger partial charge in [-0.2, -0.15) is 4.31 Å². The van der Waals surface area contributed by atoms with Crippen LogP contribution in [0.4, 0.5) is 5.69 Å². The second-order valence-corrected chi connectivity index (χ2v) is 9.64. The van der Waals surface area contributed by atoms with Gasteiger partial charge >= 0.3 is 0 Å². The Bertz CT molecular complexity index is 1010. The molecule has 0 bridgehead atoms. The van der Waals surface area contributed by atoms with Crippen LogP contribution < -0.4 is 5.32 Å². The van der Waals surface area contributed by atoms with Crippen molar-refractivity contribution in [2.24, 2.45) is 0 Å². The molecule has 1 aromatic heterocycles. The molecule has 0 aliphatic carbocycles. The number of carbonyl (C=O) groups is 2. The zero-order valence-corrected chi connectivity index (χ0v) is 17.5. The van der Waals surface area contributed by atoms with Gasteiger partial charge in [0.25, 0.3) is 21.6 Å². The molecule has 2 amide bonds. The Morgan fingerprint density at radius 2 is 1.77 bits per heavy atom. The van der Waals surface area contributed by atoms with Gasteiger partial charge in [0.05, 0.1) is 4.92 Å². The summed E-state index contributed by atoms with van der Waals surface area (Å²) >= 11 is 1.16. The lowest BCUT2D eigenvalue weighted by molar-refractivity contribution is -0.384. The van der Waals surface area contributed by atoms with E-state index in [1.165, 1.54) is 28.6 Å². The lowest BCUT2D eigenvalue weighted by Crippen LogP contribution is -2.50. The molecule has 10 nitrogen and oxygen atoms in total. The number of sulfonamides is 1. The van der Waals surface area contributed by atoms with Crippen LogP contribution in [-0.4, -0.2) is 67.1 Å². The Labute approximate surface area is 177 Å². The van der Waals surface area contributed by atoms with Crippen LogP contribution in [0.3, 0.4) is 0 Å². The van der Waals surface area contributed by atoms with Crippen LogP contribution in [0.15, 0.2) is 46.0 Å². The zero-order valence-electron chi connectivity index (χ0n) is 15.9. The van der Waals surface area contributed by atoms with E-state index in [1.54, 1.807) is 22.4 Å². The Morgan fingerprint density at radius 1 is 1.10 bits per heavy atom.